The normalized spacial score (nSPS) is 11.2. The molecule has 0 saturated carbocycles. The third kappa shape index (κ3) is 7.84. The van der Waals surface area contributed by atoms with Crippen molar-refractivity contribution in [2.75, 3.05) is 17.3 Å². The van der Waals surface area contributed by atoms with Crippen molar-refractivity contribution >= 4 is 39.3 Å². The van der Waals surface area contributed by atoms with E-state index in [4.69, 9.17) is 4.84 Å². The molecule has 168 valence electrons. The highest BCUT2D eigenvalue weighted by molar-refractivity contribution is 9.09. The molecule has 32 heavy (non-hydrogen) atoms. The topological polar surface area (TPSA) is 96.5 Å². The smallest absolute Gasteiger partial charge is 0.266 e. The lowest BCUT2D eigenvalue weighted by atomic mass is 10.0. The summed E-state index contributed by atoms with van der Waals surface area (Å²) in [5.74, 6) is 5.11. The van der Waals surface area contributed by atoms with E-state index in [1.54, 1.807) is 43.3 Å². The minimum absolute atomic E-state index is 0.108. The van der Waals surface area contributed by atoms with Crippen LogP contribution in [0, 0.1) is 17.8 Å². The number of hydrogen-bond donors (Lipinski definition) is 3. The van der Waals surface area contributed by atoms with Gasteiger partial charge in [-0.2, -0.15) is 0 Å². The first-order valence-corrected chi connectivity index (χ1v) is 11.3. The molecule has 3 N–H and O–H groups in total. The lowest BCUT2D eigenvalue weighted by Crippen LogP contribution is -2.49. The van der Waals surface area contributed by atoms with Crippen LogP contribution < -0.4 is 16.1 Å². The summed E-state index contributed by atoms with van der Waals surface area (Å²) in [7, 11) is 0. The largest absolute Gasteiger partial charge is 0.340 e. The van der Waals surface area contributed by atoms with Crippen molar-refractivity contribution < 1.29 is 19.2 Å². The van der Waals surface area contributed by atoms with E-state index in [0.29, 0.717) is 17.9 Å². The highest BCUT2D eigenvalue weighted by atomic mass is 79.9. The molecule has 8 heteroatoms. The zero-order chi connectivity index (χ0) is 23.5. The maximum absolute atomic E-state index is 12.6. The number of amides is 3. The van der Waals surface area contributed by atoms with Gasteiger partial charge in [0.15, 0.2) is 0 Å². The van der Waals surface area contributed by atoms with E-state index < -0.39 is 11.9 Å². The van der Waals surface area contributed by atoms with Crippen LogP contribution >= 0.6 is 15.9 Å². The van der Waals surface area contributed by atoms with Crippen LogP contribution in [-0.2, 0) is 14.4 Å². The Morgan fingerprint density at radius 3 is 2.03 bits per heavy atom. The standard InChI is InChI=1S/C24H26BrN3O4/c1-4-32-28-24(31)22(16(2)3)27-23(30)19-11-7-17(8-12-19)5-6-18-9-13-20(14-10-18)26-21(29)15-25/h7-14,16,22H,4,15H2,1-3H3,(H,26,29)(H,27,30)(H,28,31). The fraction of sp³-hybridized carbons (Fsp3) is 0.292. The van der Waals surface area contributed by atoms with Crippen LogP contribution in [0.15, 0.2) is 48.5 Å². The van der Waals surface area contributed by atoms with E-state index in [2.05, 4.69) is 43.9 Å². The average Bonchev–Trinajstić information content (AvgIpc) is 2.80. The SMILES string of the molecule is CCONC(=O)C(NC(=O)c1ccc(C#Cc2ccc(NC(=O)CBr)cc2)cc1)C(C)C. The molecular formula is C24H26BrN3O4. The van der Waals surface area contributed by atoms with Gasteiger partial charge >= 0.3 is 0 Å². The van der Waals surface area contributed by atoms with Gasteiger partial charge in [0.1, 0.15) is 6.04 Å². The molecule has 2 rings (SSSR count). The minimum atomic E-state index is -0.712. The number of rotatable bonds is 8. The van der Waals surface area contributed by atoms with Crippen molar-refractivity contribution in [3.63, 3.8) is 0 Å². The second-order valence-corrected chi connectivity index (χ2v) is 7.74. The highest BCUT2D eigenvalue weighted by Gasteiger charge is 2.24. The summed E-state index contributed by atoms with van der Waals surface area (Å²) >= 11 is 3.10. The second-order valence-electron chi connectivity index (χ2n) is 7.18. The highest BCUT2D eigenvalue weighted by Crippen LogP contribution is 2.10. The van der Waals surface area contributed by atoms with Gasteiger partial charge in [0.2, 0.25) is 5.91 Å². The van der Waals surface area contributed by atoms with Crippen LogP contribution in [0.3, 0.4) is 0 Å². The molecule has 0 aliphatic rings. The predicted octanol–water partition coefficient (Wildman–Crippen LogP) is 3.24. The summed E-state index contributed by atoms with van der Waals surface area (Å²) in [5.41, 5.74) is 5.00. The van der Waals surface area contributed by atoms with E-state index in [1.165, 1.54) is 0 Å². The zero-order valence-corrected chi connectivity index (χ0v) is 19.8. The third-order valence-corrected chi connectivity index (χ3v) is 4.85. The Morgan fingerprint density at radius 2 is 1.53 bits per heavy atom. The maximum Gasteiger partial charge on any atom is 0.266 e. The van der Waals surface area contributed by atoms with Gasteiger partial charge in [0.25, 0.3) is 11.8 Å². The number of carbonyl (C=O) groups excluding carboxylic acids is 3. The molecule has 1 unspecified atom stereocenters. The van der Waals surface area contributed by atoms with Gasteiger partial charge in [-0.15, -0.1) is 0 Å². The number of carbonyl (C=O) groups is 3. The van der Waals surface area contributed by atoms with Crippen LogP contribution in [-0.4, -0.2) is 35.7 Å². The summed E-state index contributed by atoms with van der Waals surface area (Å²) in [6, 6.07) is 13.3. The lowest BCUT2D eigenvalue weighted by Gasteiger charge is -2.21. The number of alkyl halides is 1. The molecule has 0 fully saturated rings. The first-order chi connectivity index (χ1) is 15.3. The van der Waals surface area contributed by atoms with Crippen molar-refractivity contribution in [1.82, 2.24) is 10.8 Å². The van der Waals surface area contributed by atoms with Crippen molar-refractivity contribution in [3.05, 3.63) is 65.2 Å². The number of benzene rings is 2. The van der Waals surface area contributed by atoms with E-state index in [-0.39, 0.29) is 23.1 Å². The molecule has 0 aliphatic carbocycles. The quantitative estimate of drug-likeness (QED) is 0.295. The molecule has 1 atom stereocenters. The molecule has 0 saturated heterocycles. The Kier molecular flexibility index (Phi) is 9.92. The van der Waals surface area contributed by atoms with Gasteiger partial charge in [-0.3, -0.25) is 19.2 Å². The Morgan fingerprint density at radius 1 is 0.969 bits per heavy atom. The number of hydrogen-bond acceptors (Lipinski definition) is 4. The Bertz CT molecular complexity index is 993. The molecule has 0 aromatic heterocycles. The molecule has 0 heterocycles. The van der Waals surface area contributed by atoms with E-state index in [9.17, 15) is 14.4 Å². The number of anilines is 1. The van der Waals surface area contributed by atoms with Crippen molar-refractivity contribution in [3.8, 4) is 11.8 Å². The van der Waals surface area contributed by atoms with E-state index in [0.717, 1.165) is 11.1 Å². The van der Waals surface area contributed by atoms with Crippen molar-refractivity contribution in [2.24, 2.45) is 5.92 Å². The van der Waals surface area contributed by atoms with Crippen LogP contribution in [0.5, 0.6) is 0 Å². The predicted molar refractivity (Wildman–Crippen MR) is 127 cm³/mol. The van der Waals surface area contributed by atoms with Crippen LogP contribution in [0.2, 0.25) is 0 Å². The van der Waals surface area contributed by atoms with Gasteiger partial charge in [0.05, 0.1) is 11.9 Å². The zero-order valence-electron chi connectivity index (χ0n) is 18.2. The fourth-order valence-corrected chi connectivity index (χ4v) is 2.79. The summed E-state index contributed by atoms with van der Waals surface area (Å²) in [6.07, 6.45) is 0. The van der Waals surface area contributed by atoms with Crippen LogP contribution in [0.25, 0.3) is 0 Å². The van der Waals surface area contributed by atoms with Gasteiger partial charge < -0.3 is 10.6 Å². The number of hydroxylamine groups is 1. The Hall–Kier alpha value is -3.15. The first kappa shape index (κ1) is 25.1. The number of nitrogens with one attached hydrogen (secondary N) is 3. The summed E-state index contributed by atoms with van der Waals surface area (Å²) in [5, 5.41) is 5.72. The number of halogens is 1. The summed E-state index contributed by atoms with van der Waals surface area (Å²) in [4.78, 5) is 41.1. The van der Waals surface area contributed by atoms with E-state index >= 15 is 0 Å². The lowest BCUT2D eigenvalue weighted by molar-refractivity contribution is -0.136. The molecule has 3 amide bonds. The molecule has 0 bridgehead atoms. The molecule has 2 aromatic carbocycles. The second kappa shape index (κ2) is 12.6. The van der Waals surface area contributed by atoms with Crippen molar-refractivity contribution in [1.29, 1.82) is 0 Å². The van der Waals surface area contributed by atoms with Gasteiger partial charge in [-0.05, 0) is 61.4 Å². The Balaban J connectivity index is 2.01. The monoisotopic (exact) mass is 499 g/mol. The van der Waals surface area contributed by atoms with Gasteiger partial charge in [-0.1, -0.05) is 41.6 Å². The van der Waals surface area contributed by atoms with E-state index in [1.807, 2.05) is 26.0 Å². The molecule has 0 radical (unpaired) electrons. The third-order valence-electron chi connectivity index (χ3n) is 4.34. The molecule has 0 spiro atoms. The minimum Gasteiger partial charge on any atom is -0.340 e. The summed E-state index contributed by atoms with van der Waals surface area (Å²) in [6.45, 7) is 5.79. The molecule has 7 nitrogen and oxygen atoms in total. The maximum atomic E-state index is 12.6. The van der Waals surface area contributed by atoms with Crippen molar-refractivity contribution in [2.45, 2.75) is 26.8 Å². The Labute approximate surface area is 196 Å². The molecule has 2 aromatic rings. The summed E-state index contributed by atoms with van der Waals surface area (Å²) < 4.78 is 0. The van der Waals surface area contributed by atoms with Crippen LogP contribution in [0.1, 0.15) is 42.3 Å². The molecule has 0 aliphatic heterocycles. The van der Waals surface area contributed by atoms with Crippen LogP contribution in [0.4, 0.5) is 5.69 Å². The average molecular weight is 500 g/mol. The fourth-order valence-electron chi connectivity index (χ4n) is 2.65. The van der Waals surface area contributed by atoms with Gasteiger partial charge in [-0.25, -0.2) is 5.48 Å². The molecular weight excluding hydrogens is 474 g/mol. The first-order valence-electron chi connectivity index (χ1n) is 10.1. The van der Waals surface area contributed by atoms with Gasteiger partial charge in [0, 0.05) is 22.4 Å².